The van der Waals surface area contributed by atoms with Gasteiger partial charge >= 0.3 is 11.9 Å². The van der Waals surface area contributed by atoms with Crippen LogP contribution in [0.1, 0.15) is 67.2 Å². The molecule has 0 spiro atoms. The molecule has 22 heavy (non-hydrogen) atoms. The van der Waals surface area contributed by atoms with Gasteiger partial charge in [0.15, 0.2) is 0 Å². The molecule has 0 saturated carbocycles. The molecule has 128 valence electrons. The molecule has 2 atom stereocenters. The van der Waals surface area contributed by atoms with E-state index in [-0.39, 0.29) is 22.8 Å². The summed E-state index contributed by atoms with van der Waals surface area (Å²) >= 11 is 0. The van der Waals surface area contributed by atoms with Gasteiger partial charge in [-0.3, -0.25) is 9.59 Å². The molecule has 0 radical (unpaired) electrons. The zero-order valence-electron chi connectivity index (χ0n) is 15.0. The Kier molecular flexibility index (Phi) is 6.45. The number of hydrogen-bond acceptors (Lipinski definition) is 4. The molecule has 2 fully saturated rings. The third-order valence-electron chi connectivity index (χ3n) is 4.09. The highest BCUT2D eigenvalue weighted by molar-refractivity contribution is 5.70. The van der Waals surface area contributed by atoms with Gasteiger partial charge in [0.2, 0.25) is 0 Å². The number of cyclic esters (lactones) is 2. The summed E-state index contributed by atoms with van der Waals surface area (Å²) in [7, 11) is 0. The fraction of sp³-hybridized carbons (Fsp3) is 0.889. The highest BCUT2D eigenvalue weighted by Gasteiger charge is 2.29. The molecule has 0 aliphatic carbocycles. The van der Waals surface area contributed by atoms with Crippen LogP contribution in [0.4, 0.5) is 0 Å². The largest absolute Gasteiger partial charge is 0.465 e. The normalized spacial score (nSPS) is 30.8. The Balaban J connectivity index is 0.000000220. The van der Waals surface area contributed by atoms with Gasteiger partial charge in [0.05, 0.1) is 19.6 Å². The Bertz CT molecular complexity index is 398. The SMILES string of the molecule is CC1CC(=O)OCC(C)(C)C1.CC1COC(=O)CC(C)(C)C1. The number of hydrogen-bond donors (Lipinski definition) is 0. The van der Waals surface area contributed by atoms with Gasteiger partial charge < -0.3 is 9.47 Å². The minimum absolute atomic E-state index is 0.0388. The molecule has 0 aromatic heterocycles. The molecule has 4 heteroatoms. The van der Waals surface area contributed by atoms with Crippen LogP contribution in [0.5, 0.6) is 0 Å². The summed E-state index contributed by atoms with van der Waals surface area (Å²) < 4.78 is 10.1. The number of ether oxygens (including phenoxy) is 2. The summed E-state index contributed by atoms with van der Waals surface area (Å²) in [6.07, 6.45) is 3.32. The zero-order valence-corrected chi connectivity index (χ0v) is 15.0. The summed E-state index contributed by atoms with van der Waals surface area (Å²) in [5.74, 6) is 0.902. The van der Waals surface area contributed by atoms with Crippen LogP contribution in [-0.4, -0.2) is 25.2 Å². The number of esters is 2. The van der Waals surface area contributed by atoms with Gasteiger partial charge in [-0.15, -0.1) is 0 Å². The highest BCUT2D eigenvalue weighted by Crippen LogP contribution is 2.32. The molecule has 0 amide bonds. The maximum absolute atomic E-state index is 11.0. The Morgan fingerprint density at radius 2 is 1.45 bits per heavy atom. The predicted octanol–water partition coefficient (Wildman–Crippen LogP) is 3.97. The van der Waals surface area contributed by atoms with Crippen LogP contribution in [0.3, 0.4) is 0 Å². The van der Waals surface area contributed by atoms with Crippen molar-refractivity contribution in [1.82, 2.24) is 0 Å². The van der Waals surface area contributed by atoms with E-state index in [2.05, 4.69) is 41.5 Å². The summed E-state index contributed by atoms with van der Waals surface area (Å²) in [5, 5.41) is 0. The fourth-order valence-corrected chi connectivity index (χ4v) is 3.45. The topological polar surface area (TPSA) is 52.6 Å². The molecule has 0 bridgehead atoms. The molecule has 0 N–H and O–H groups in total. The van der Waals surface area contributed by atoms with Crippen molar-refractivity contribution in [3.8, 4) is 0 Å². The van der Waals surface area contributed by atoms with Gasteiger partial charge in [-0.2, -0.15) is 0 Å². The van der Waals surface area contributed by atoms with Crippen LogP contribution in [0.2, 0.25) is 0 Å². The smallest absolute Gasteiger partial charge is 0.306 e. The van der Waals surface area contributed by atoms with E-state index < -0.39 is 0 Å². The summed E-state index contributed by atoms with van der Waals surface area (Å²) in [6.45, 7) is 13.9. The van der Waals surface area contributed by atoms with Gasteiger partial charge in [0.1, 0.15) is 0 Å². The van der Waals surface area contributed by atoms with E-state index in [0.29, 0.717) is 37.9 Å². The Morgan fingerprint density at radius 3 is 2.09 bits per heavy atom. The van der Waals surface area contributed by atoms with Gasteiger partial charge in [-0.25, -0.2) is 0 Å². The third kappa shape index (κ3) is 7.28. The fourth-order valence-electron chi connectivity index (χ4n) is 3.45. The monoisotopic (exact) mass is 312 g/mol. The first-order valence-electron chi connectivity index (χ1n) is 8.30. The van der Waals surface area contributed by atoms with Crippen molar-refractivity contribution < 1.29 is 19.1 Å². The number of rotatable bonds is 0. The lowest BCUT2D eigenvalue weighted by Crippen LogP contribution is -2.18. The van der Waals surface area contributed by atoms with Gasteiger partial charge in [0.25, 0.3) is 0 Å². The minimum Gasteiger partial charge on any atom is -0.465 e. The van der Waals surface area contributed by atoms with Crippen LogP contribution in [0.15, 0.2) is 0 Å². The Morgan fingerprint density at radius 1 is 0.864 bits per heavy atom. The molecule has 2 saturated heterocycles. The lowest BCUT2D eigenvalue weighted by molar-refractivity contribution is -0.145. The van der Waals surface area contributed by atoms with Crippen LogP contribution in [-0.2, 0) is 19.1 Å². The lowest BCUT2D eigenvalue weighted by atomic mass is 9.82. The quantitative estimate of drug-likeness (QED) is 0.635. The Labute approximate surface area is 134 Å². The van der Waals surface area contributed by atoms with E-state index in [9.17, 15) is 9.59 Å². The number of carbonyl (C=O) groups is 2. The van der Waals surface area contributed by atoms with Crippen molar-refractivity contribution >= 4 is 11.9 Å². The first-order valence-corrected chi connectivity index (χ1v) is 8.30. The second-order valence-electron chi connectivity index (χ2n) is 8.67. The highest BCUT2D eigenvalue weighted by atomic mass is 16.5. The second-order valence-corrected chi connectivity index (χ2v) is 8.67. The van der Waals surface area contributed by atoms with Crippen molar-refractivity contribution in [3.05, 3.63) is 0 Å². The molecule has 4 nitrogen and oxygen atoms in total. The van der Waals surface area contributed by atoms with Gasteiger partial charge in [-0.1, -0.05) is 41.5 Å². The molecule has 2 rings (SSSR count). The van der Waals surface area contributed by atoms with Crippen molar-refractivity contribution in [1.29, 1.82) is 0 Å². The summed E-state index contributed by atoms with van der Waals surface area (Å²) in [5.41, 5.74) is 0.304. The number of carbonyl (C=O) groups excluding carboxylic acids is 2. The summed E-state index contributed by atoms with van der Waals surface area (Å²) in [4.78, 5) is 22.0. The minimum atomic E-state index is -0.0423. The average molecular weight is 312 g/mol. The third-order valence-corrected chi connectivity index (χ3v) is 4.09. The zero-order chi connectivity index (χ0) is 17.0. The molecule has 2 heterocycles. The molecule has 0 aromatic carbocycles. The van der Waals surface area contributed by atoms with E-state index >= 15 is 0 Å². The van der Waals surface area contributed by atoms with Crippen LogP contribution in [0.25, 0.3) is 0 Å². The van der Waals surface area contributed by atoms with Crippen LogP contribution >= 0.6 is 0 Å². The van der Waals surface area contributed by atoms with Crippen LogP contribution < -0.4 is 0 Å². The Hall–Kier alpha value is -1.06. The summed E-state index contributed by atoms with van der Waals surface area (Å²) in [6, 6.07) is 0. The predicted molar refractivity (Wildman–Crippen MR) is 86.3 cm³/mol. The van der Waals surface area contributed by atoms with Crippen molar-refractivity contribution in [3.63, 3.8) is 0 Å². The van der Waals surface area contributed by atoms with E-state index in [0.717, 1.165) is 12.8 Å². The second kappa shape index (κ2) is 7.47. The first-order chi connectivity index (χ1) is 9.99. The average Bonchev–Trinajstić information content (AvgIpc) is 2.51. The first kappa shape index (κ1) is 19.0. The van der Waals surface area contributed by atoms with Gasteiger partial charge in [-0.05, 0) is 35.5 Å². The molecule has 2 unspecified atom stereocenters. The molecule has 2 aliphatic heterocycles. The van der Waals surface area contributed by atoms with E-state index in [1.807, 2.05) is 0 Å². The standard InChI is InChI=1S/2C9H16O2/c1-7-4-9(2,3)5-8(10)11-6-7;1-7-4-8(10)11-6-9(2,3)5-7/h2*7H,4-6H2,1-3H3. The lowest BCUT2D eigenvalue weighted by Gasteiger charge is -2.22. The maximum atomic E-state index is 11.0. The van der Waals surface area contributed by atoms with E-state index in [1.165, 1.54) is 0 Å². The van der Waals surface area contributed by atoms with Gasteiger partial charge in [0, 0.05) is 6.42 Å². The van der Waals surface area contributed by atoms with Crippen molar-refractivity contribution in [2.45, 2.75) is 67.2 Å². The van der Waals surface area contributed by atoms with Crippen LogP contribution in [0, 0.1) is 22.7 Å². The van der Waals surface area contributed by atoms with E-state index in [4.69, 9.17) is 9.47 Å². The molecule has 0 aromatic rings. The molecule has 2 aliphatic rings. The van der Waals surface area contributed by atoms with Crippen molar-refractivity contribution in [2.75, 3.05) is 13.2 Å². The molecular formula is C18H32O4. The maximum Gasteiger partial charge on any atom is 0.306 e. The van der Waals surface area contributed by atoms with E-state index in [1.54, 1.807) is 0 Å². The molecular weight excluding hydrogens is 280 g/mol. The van der Waals surface area contributed by atoms with Crippen molar-refractivity contribution in [2.24, 2.45) is 22.7 Å².